The van der Waals surface area contributed by atoms with Crippen LogP contribution in [0.1, 0.15) is 15.9 Å². The molecule has 35 heavy (non-hydrogen) atoms. The first-order valence-corrected chi connectivity index (χ1v) is 9.99. The van der Waals surface area contributed by atoms with Gasteiger partial charge in [0, 0.05) is 24.3 Å². The molecule has 0 bridgehead atoms. The van der Waals surface area contributed by atoms with Gasteiger partial charge < -0.3 is 10.1 Å². The quantitative estimate of drug-likeness (QED) is 0.121. The zero-order chi connectivity index (χ0) is 25.5. The Labute approximate surface area is 202 Å². The first kappa shape index (κ1) is 24.6. The van der Waals surface area contributed by atoms with Gasteiger partial charge in [-0.1, -0.05) is 29.8 Å². The van der Waals surface area contributed by atoms with Crippen molar-refractivity contribution < 1.29 is 24.2 Å². The maximum atomic E-state index is 12.5. The molecule has 1 N–H and O–H groups in total. The van der Waals surface area contributed by atoms with E-state index in [2.05, 4.69) is 5.32 Å². The second-order valence-corrected chi connectivity index (χ2v) is 7.22. The number of hydrogen-bond acceptors (Lipinski definition) is 8. The summed E-state index contributed by atoms with van der Waals surface area (Å²) in [4.78, 5) is 45.2. The lowest BCUT2D eigenvalue weighted by Crippen LogP contribution is -2.14. The van der Waals surface area contributed by atoms with Gasteiger partial charge in [0.15, 0.2) is 0 Å². The second kappa shape index (κ2) is 10.7. The number of rotatable bonds is 7. The molecule has 1 amide bonds. The number of nitrogens with one attached hydrogen (secondary N) is 1. The molecule has 174 valence electrons. The van der Waals surface area contributed by atoms with Gasteiger partial charge in [0.1, 0.15) is 17.4 Å². The Balaban J connectivity index is 1.73. The molecule has 0 saturated carbocycles. The summed E-state index contributed by atoms with van der Waals surface area (Å²) >= 11 is 5.97. The van der Waals surface area contributed by atoms with Crippen LogP contribution in [0.5, 0.6) is 5.75 Å². The molecule has 0 saturated heterocycles. The van der Waals surface area contributed by atoms with E-state index in [9.17, 15) is 35.1 Å². The fraction of sp³-hybridized carbons (Fsp3) is 0. The molecular weight excluding hydrogens is 480 g/mol. The fourth-order valence-corrected chi connectivity index (χ4v) is 2.94. The molecule has 0 heterocycles. The summed E-state index contributed by atoms with van der Waals surface area (Å²) in [6.07, 6.45) is 1.26. The first-order valence-electron chi connectivity index (χ1n) is 9.61. The van der Waals surface area contributed by atoms with Crippen molar-refractivity contribution in [3.63, 3.8) is 0 Å². The lowest BCUT2D eigenvalue weighted by molar-refractivity contribution is -0.385. The zero-order valence-corrected chi connectivity index (χ0v) is 18.3. The van der Waals surface area contributed by atoms with Crippen molar-refractivity contribution in [2.45, 2.75) is 0 Å². The zero-order valence-electron chi connectivity index (χ0n) is 17.5. The first-order chi connectivity index (χ1) is 16.7. The Hall–Kier alpha value is -5.08. The number of nitro groups is 2. The van der Waals surface area contributed by atoms with Crippen LogP contribution in [0.2, 0.25) is 5.02 Å². The minimum Gasteiger partial charge on any atom is -0.423 e. The van der Waals surface area contributed by atoms with E-state index in [0.717, 1.165) is 12.1 Å². The van der Waals surface area contributed by atoms with Gasteiger partial charge in [-0.3, -0.25) is 25.0 Å². The minimum atomic E-state index is -0.837. The third-order valence-electron chi connectivity index (χ3n) is 4.47. The van der Waals surface area contributed by atoms with Gasteiger partial charge in [-0.15, -0.1) is 0 Å². The third kappa shape index (κ3) is 6.25. The van der Waals surface area contributed by atoms with Gasteiger partial charge in [0.2, 0.25) is 0 Å². The number of carbonyl (C=O) groups excluding carboxylic acids is 2. The molecule has 0 aliphatic heterocycles. The van der Waals surface area contributed by atoms with Crippen molar-refractivity contribution in [3.05, 3.63) is 109 Å². The van der Waals surface area contributed by atoms with E-state index >= 15 is 0 Å². The standard InChI is InChI=1S/C23H13ClN4O7/c24-20-9-6-18(28(33)34)12-21(20)26-22(29)16(13-25)10-14-4-7-19(8-5-14)35-23(30)15-2-1-3-17(11-15)27(31)32/h1-12H,(H,26,29)/b16-10+. The van der Waals surface area contributed by atoms with Gasteiger partial charge in [0.25, 0.3) is 17.3 Å². The minimum absolute atomic E-state index is 0.00794. The number of nitriles is 1. The van der Waals surface area contributed by atoms with E-state index in [1.165, 1.54) is 60.7 Å². The van der Waals surface area contributed by atoms with E-state index in [-0.39, 0.29) is 39.0 Å². The van der Waals surface area contributed by atoms with Crippen molar-refractivity contribution in [1.29, 1.82) is 5.26 Å². The highest BCUT2D eigenvalue weighted by Crippen LogP contribution is 2.27. The molecule has 0 aliphatic carbocycles. The number of nitrogens with zero attached hydrogens (tertiary/aromatic N) is 3. The topological polar surface area (TPSA) is 165 Å². The maximum Gasteiger partial charge on any atom is 0.343 e. The normalized spacial score (nSPS) is 10.7. The summed E-state index contributed by atoms with van der Waals surface area (Å²) < 4.78 is 5.20. The van der Waals surface area contributed by atoms with E-state index in [1.54, 1.807) is 6.07 Å². The average Bonchev–Trinajstić information content (AvgIpc) is 2.84. The molecule has 0 unspecified atom stereocenters. The molecule has 3 rings (SSSR count). The number of ether oxygens (including phenoxy) is 1. The lowest BCUT2D eigenvalue weighted by Gasteiger charge is -2.07. The van der Waals surface area contributed by atoms with E-state index in [4.69, 9.17) is 16.3 Å². The maximum absolute atomic E-state index is 12.5. The second-order valence-electron chi connectivity index (χ2n) is 6.81. The smallest absolute Gasteiger partial charge is 0.343 e. The van der Waals surface area contributed by atoms with E-state index < -0.39 is 21.7 Å². The summed E-state index contributed by atoms with van der Waals surface area (Å²) in [5.74, 6) is -1.51. The fourth-order valence-electron chi connectivity index (χ4n) is 2.77. The average molecular weight is 493 g/mol. The molecule has 0 fully saturated rings. The number of benzene rings is 3. The number of nitro benzene ring substituents is 2. The highest BCUT2D eigenvalue weighted by atomic mass is 35.5. The van der Waals surface area contributed by atoms with Crippen LogP contribution in [-0.4, -0.2) is 21.7 Å². The number of amides is 1. The Morgan fingerprint density at radius 3 is 2.26 bits per heavy atom. The number of hydrogen-bond donors (Lipinski definition) is 1. The predicted molar refractivity (Wildman–Crippen MR) is 125 cm³/mol. The van der Waals surface area contributed by atoms with Crippen LogP contribution < -0.4 is 10.1 Å². The van der Waals surface area contributed by atoms with Crippen LogP contribution >= 0.6 is 11.6 Å². The number of esters is 1. The van der Waals surface area contributed by atoms with Crippen LogP contribution in [0.25, 0.3) is 6.08 Å². The number of halogens is 1. The van der Waals surface area contributed by atoms with Crippen LogP contribution in [0.4, 0.5) is 17.1 Å². The Kier molecular flexibility index (Phi) is 7.50. The number of carbonyl (C=O) groups is 2. The Morgan fingerprint density at radius 2 is 1.63 bits per heavy atom. The molecule has 0 spiro atoms. The summed E-state index contributed by atoms with van der Waals surface area (Å²) in [7, 11) is 0. The van der Waals surface area contributed by atoms with E-state index in [0.29, 0.717) is 5.56 Å². The molecule has 0 atom stereocenters. The SMILES string of the molecule is N#C/C(=C\c1ccc(OC(=O)c2cccc([N+](=O)[O-])c2)cc1)C(=O)Nc1cc([N+](=O)[O-])ccc1Cl. The van der Waals surface area contributed by atoms with Crippen molar-refractivity contribution in [1.82, 2.24) is 0 Å². The molecule has 12 heteroatoms. The predicted octanol–water partition coefficient (Wildman–Crippen LogP) is 4.92. The summed E-state index contributed by atoms with van der Waals surface area (Å²) in [6, 6.07) is 16.1. The molecule has 3 aromatic rings. The van der Waals surface area contributed by atoms with Crippen LogP contribution in [0, 0.1) is 31.6 Å². The molecule has 0 aromatic heterocycles. The van der Waals surface area contributed by atoms with E-state index in [1.807, 2.05) is 0 Å². The molecule has 0 radical (unpaired) electrons. The lowest BCUT2D eigenvalue weighted by atomic mass is 10.1. The highest BCUT2D eigenvalue weighted by Gasteiger charge is 2.16. The summed E-state index contributed by atoms with van der Waals surface area (Å²) in [5, 5.41) is 33.6. The van der Waals surface area contributed by atoms with Crippen molar-refractivity contribution in [3.8, 4) is 11.8 Å². The largest absolute Gasteiger partial charge is 0.423 e. The number of anilines is 1. The molecule has 11 nitrogen and oxygen atoms in total. The molecule has 3 aromatic carbocycles. The molecular formula is C23H13ClN4O7. The third-order valence-corrected chi connectivity index (χ3v) is 4.80. The van der Waals surface area contributed by atoms with Crippen LogP contribution in [-0.2, 0) is 4.79 Å². The van der Waals surface area contributed by atoms with Gasteiger partial charge in [-0.25, -0.2) is 4.79 Å². The van der Waals surface area contributed by atoms with Gasteiger partial charge >= 0.3 is 5.97 Å². The van der Waals surface area contributed by atoms with Crippen LogP contribution in [0.15, 0.2) is 72.3 Å². The van der Waals surface area contributed by atoms with Gasteiger partial charge in [-0.05, 0) is 35.9 Å². The molecule has 0 aliphatic rings. The summed E-state index contributed by atoms with van der Waals surface area (Å²) in [5.41, 5.74) is -0.483. The Bertz CT molecular complexity index is 1410. The highest BCUT2D eigenvalue weighted by molar-refractivity contribution is 6.34. The van der Waals surface area contributed by atoms with Gasteiger partial charge in [-0.2, -0.15) is 5.26 Å². The van der Waals surface area contributed by atoms with Crippen molar-refractivity contribution in [2.24, 2.45) is 0 Å². The number of non-ortho nitro benzene ring substituents is 2. The van der Waals surface area contributed by atoms with Crippen molar-refractivity contribution >= 4 is 46.6 Å². The summed E-state index contributed by atoms with van der Waals surface area (Å²) in [6.45, 7) is 0. The van der Waals surface area contributed by atoms with Crippen molar-refractivity contribution in [2.75, 3.05) is 5.32 Å². The monoisotopic (exact) mass is 492 g/mol. The Morgan fingerprint density at radius 1 is 0.971 bits per heavy atom. The van der Waals surface area contributed by atoms with Crippen LogP contribution in [0.3, 0.4) is 0 Å². The van der Waals surface area contributed by atoms with Gasteiger partial charge in [0.05, 0.1) is 26.1 Å².